The third-order valence-electron chi connectivity index (χ3n) is 15.3. The summed E-state index contributed by atoms with van der Waals surface area (Å²) >= 11 is 0. The van der Waals surface area contributed by atoms with Crippen LogP contribution < -0.4 is 29.3 Å². The van der Waals surface area contributed by atoms with Crippen LogP contribution in [0.3, 0.4) is 0 Å². The number of nitro groups is 1. The number of amides is 1. The second-order valence-electron chi connectivity index (χ2n) is 20.3. The van der Waals surface area contributed by atoms with E-state index < -0.39 is 43.6 Å². The van der Waals surface area contributed by atoms with Crippen LogP contribution >= 0.6 is 0 Å². The van der Waals surface area contributed by atoms with Gasteiger partial charge in [0.2, 0.25) is 5.88 Å². The predicted octanol–water partition coefficient (Wildman–Crippen LogP) is 8.20. The number of ether oxygens (including phenoxy) is 4. The minimum absolute atomic E-state index is 0.0166. The highest BCUT2D eigenvalue weighted by Crippen LogP contribution is 2.55. The van der Waals surface area contributed by atoms with E-state index in [4.69, 9.17) is 23.9 Å². The Morgan fingerprint density at radius 2 is 1.81 bits per heavy atom. The maximum Gasteiger partial charge on any atom is 0.297 e. The van der Waals surface area contributed by atoms with Crippen LogP contribution in [0.2, 0.25) is 0 Å². The van der Waals surface area contributed by atoms with E-state index >= 15 is 0 Å². The molecule has 2 aromatic heterocycles. The molecule has 3 saturated heterocycles. The average Bonchev–Trinajstić information content (AvgIpc) is 4.12. The van der Waals surface area contributed by atoms with Gasteiger partial charge in [-0.25, -0.2) is 13.1 Å². The molecule has 1 spiro atoms. The fourth-order valence-electron chi connectivity index (χ4n) is 11.8. The number of fused-ring (bicyclic) bond motifs is 4. The van der Waals surface area contributed by atoms with Gasteiger partial charge in [0, 0.05) is 54.6 Å². The highest BCUT2D eigenvalue weighted by atomic mass is 32.2. The molecule has 7 heterocycles. The van der Waals surface area contributed by atoms with Gasteiger partial charge in [-0.3, -0.25) is 19.8 Å². The Labute approximate surface area is 402 Å². The van der Waals surface area contributed by atoms with Gasteiger partial charge in [0.05, 0.1) is 59.1 Å². The molecule has 4 fully saturated rings. The molecule has 1 saturated carbocycles. The molecule has 5 aliphatic heterocycles. The summed E-state index contributed by atoms with van der Waals surface area (Å²) in [6.45, 7) is 12.1. The van der Waals surface area contributed by atoms with E-state index in [1.807, 2.05) is 43.0 Å². The third-order valence-corrected chi connectivity index (χ3v) is 16.6. The first-order chi connectivity index (χ1) is 33.2. The molecule has 5 aromatic rings. The van der Waals surface area contributed by atoms with Crippen LogP contribution in [0.5, 0.6) is 11.6 Å². The van der Waals surface area contributed by atoms with Gasteiger partial charge in [-0.1, -0.05) is 38.1 Å². The number of H-pyrrole nitrogens is 1. The van der Waals surface area contributed by atoms with E-state index in [0.717, 1.165) is 49.6 Å². The van der Waals surface area contributed by atoms with E-state index in [9.17, 15) is 23.3 Å². The molecule has 3 N–H and O–H groups in total. The topological polar surface area (TPSA) is 194 Å². The molecule has 69 heavy (non-hydrogen) atoms. The second kappa shape index (κ2) is 17.8. The van der Waals surface area contributed by atoms with E-state index in [1.54, 1.807) is 12.3 Å². The normalized spacial score (nSPS) is 23.3. The van der Waals surface area contributed by atoms with Crippen molar-refractivity contribution in [3.8, 4) is 11.6 Å². The van der Waals surface area contributed by atoms with Crippen LogP contribution in [0.25, 0.3) is 11.0 Å². The van der Waals surface area contributed by atoms with E-state index in [-0.39, 0.29) is 47.8 Å². The summed E-state index contributed by atoms with van der Waals surface area (Å²) in [5, 5.41) is 16.3. The largest absolute Gasteiger partial charge is 0.489 e. The number of hydrogen-bond donors (Lipinski definition) is 3. The smallest absolute Gasteiger partial charge is 0.297 e. The predicted molar refractivity (Wildman–Crippen MR) is 262 cm³/mol. The molecule has 0 unspecified atom stereocenters. The molecule has 364 valence electrons. The number of benzene rings is 3. The van der Waals surface area contributed by atoms with Crippen LogP contribution in [0.1, 0.15) is 99.7 Å². The van der Waals surface area contributed by atoms with Gasteiger partial charge < -0.3 is 39.0 Å². The first-order valence-corrected chi connectivity index (χ1v) is 25.9. The minimum atomic E-state index is -4.69. The van der Waals surface area contributed by atoms with Crippen LogP contribution in [0.4, 0.5) is 28.4 Å². The number of nitro benzene ring substituents is 1. The molecule has 1 aliphatic carbocycles. The number of anilines is 4. The quantitative estimate of drug-likeness (QED) is 0.0800. The fraction of sp³-hybridized carbons (Fsp3) is 0.490. The number of carbonyl (C=O) groups excluding carboxylic acids is 1. The summed E-state index contributed by atoms with van der Waals surface area (Å²) in [5.74, 6) is -0.0757. The lowest BCUT2D eigenvalue weighted by atomic mass is 9.59. The highest BCUT2D eigenvalue weighted by molar-refractivity contribution is 7.90. The number of carbonyl (C=O) groups is 1. The van der Waals surface area contributed by atoms with Crippen molar-refractivity contribution >= 4 is 55.4 Å². The Morgan fingerprint density at radius 3 is 2.59 bits per heavy atom. The lowest BCUT2D eigenvalue weighted by Gasteiger charge is -2.56. The molecule has 4 atom stereocenters. The summed E-state index contributed by atoms with van der Waals surface area (Å²) in [4.78, 5) is 41.0. The van der Waals surface area contributed by atoms with Crippen molar-refractivity contribution in [2.45, 2.75) is 113 Å². The van der Waals surface area contributed by atoms with Gasteiger partial charge in [0.15, 0.2) is 11.4 Å². The number of hydrogen-bond acceptors (Lipinski definition) is 14. The molecule has 6 aliphatic rings. The molecule has 18 heteroatoms. The van der Waals surface area contributed by atoms with Gasteiger partial charge >= 0.3 is 0 Å². The minimum Gasteiger partial charge on any atom is -0.489 e. The Kier molecular flexibility index (Phi) is 11.7. The van der Waals surface area contributed by atoms with E-state index in [0.29, 0.717) is 54.1 Å². The first-order valence-electron chi connectivity index (χ1n) is 24.4. The summed E-state index contributed by atoms with van der Waals surface area (Å²) in [7, 11) is -4.69. The second-order valence-corrected chi connectivity index (χ2v) is 22.0. The van der Waals surface area contributed by atoms with E-state index in [1.165, 1.54) is 42.9 Å². The number of rotatable bonds is 12. The zero-order chi connectivity index (χ0) is 47.8. The Bertz CT molecular complexity index is 2910. The lowest BCUT2D eigenvalue weighted by molar-refractivity contribution is -0.384. The summed E-state index contributed by atoms with van der Waals surface area (Å²) in [6, 6.07) is 20.8. The number of aromatic amines is 1. The zero-order valence-corrected chi connectivity index (χ0v) is 40.3. The summed E-state index contributed by atoms with van der Waals surface area (Å²) in [6.07, 6.45) is 8.22. The van der Waals surface area contributed by atoms with Gasteiger partial charge in [-0.2, -0.15) is 4.98 Å². The van der Waals surface area contributed by atoms with Crippen molar-refractivity contribution in [1.29, 1.82) is 0 Å². The van der Waals surface area contributed by atoms with Crippen molar-refractivity contribution in [3.63, 3.8) is 0 Å². The van der Waals surface area contributed by atoms with Gasteiger partial charge in [0.25, 0.3) is 21.6 Å². The third kappa shape index (κ3) is 8.42. The molecule has 0 bridgehead atoms. The molecule has 1 amide bonds. The molecular weight excluding hydrogens is 901 g/mol. The standard InChI is InChI=1S/C51H60N8O9S/c1-30(2)37-8-5-6-9-38(37)40-10-7-17-57(40)35-24-51(25-35)14-18-56(19-15-51)34-11-12-39(41(21-34)58-43-20-32-13-16-52-48(32)54-50(43)68-46-29-65-28-44(46)58)49(60)55-69(63,64)36-22-42(59(61)62)47-45(23-36)67-27-33(53-47)26-66-31(3)4/h5-6,8-9,11-13,16,20-23,30-31,33,35,40,44,46,53H,7,10,14-15,17-19,24-29H2,1-4H3,(H,52,54)(H,55,60)/t33-,40-,44+,46+/m0/s1. The zero-order valence-electron chi connectivity index (χ0n) is 39.5. The first kappa shape index (κ1) is 45.5. The van der Waals surface area contributed by atoms with Crippen molar-refractivity contribution in [2.75, 3.05) is 61.2 Å². The van der Waals surface area contributed by atoms with Crippen molar-refractivity contribution in [2.24, 2.45) is 5.41 Å². The highest BCUT2D eigenvalue weighted by Gasteiger charge is 2.50. The van der Waals surface area contributed by atoms with Crippen molar-refractivity contribution in [1.82, 2.24) is 19.6 Å². The number of aromatic nitrogens is 2. The number of nitrogens with zero attached hydrogens (tertiary/aromatic N) is 5. The molecule has 3 aromatic carbocycles. The van der Waals surface area contributed by atoms with Crippen LogP contribution in [0.15, 0.2) is 77.8 Å². The molecular formula is C51H60N8O9S. The van der Waals surface area contributed by atoms with Crippen molar-refractivity contribution in [3.05, 3.63) is 99.7 Å². The van der Waals surface area contributed by atoms with E-state index in [2.05, 4.69) is 62.9 Å². The monoisotopic (exact) mass is 960 g/mol. The van der Waals surface area contributed by atoms with Gasteiger partial charge in [-0.05, 0) is 112 Å². The summed E-state index contributed by atoms with van der Waals surface area (Å²) in [5.41, 5.74) is 5.49. The maximum absolute atomic E-state index is 14.7. The lowest BCUT2D eigenvalue weighted by Crippen LogP contribution is -2.55. The Hall–Kier alpha value is -5.95. The van der Waals surface area contributed by atoms with Crippen LogP contribution in [0, 0.1) is 15.5 Å². The average molecular weight is 961 g/mol. The molecule has 11 rings (SSSR count). The van der Waals surface area contributed by atoms with Gasteiger partial charge in [0.1, 0.15) is 24.0 Å². The number of nitrogens with one attached hydrogen (secondary N) is 3. The molecule has 0 radical (unpaired) electrons. The number of likely N-dealkylation sites (tertiary alicyclic amines) is 1. The van der Waals surface area contributed by atoms with Gasteiger partial charge in [-0.15, -0.1) is 0 Å². The molecule has 17 nitrogen and oxygen atoms in total. The van der Waals surface area contributed by atoms with Crippen LogP contribution in [-0.2, 0) is 19.5 Å². The van der Waals surface area contributed by atoms with Crippen molar-refractivity contribution < 1.29 is 37.1 Å². The number of piperidine rings is 1. The summed E-state index contributed by atoms with van der Waals surface area (Å²) < 4.78 is 54.7. The number of pyridine rings is 1. The maximum atomic E-state index is 14.7. The Morgan fingerprint density at radius 1 is 1.00 bits per heavy atom. The van der Waals surface area contributed by atoms with Crippen LogP contribution in [-0.4, -0.2) is 111 Å². The number of sulfonamides is 1. The fourth-order valence-corrected chi connectivity index (χ4v) is 12.8. The SMILES string of the molecule is CC(C)OC[C@H]1COc2cc(S(=O)(=O)NC(=O)c3ccc(N4CCC5(CC4)CC(N4CCC[C@H]4c4ccccc4C(C)C)C5)cc3N3c4cc5cc[nH]c5nc4O[C@@H]4COC[C@H]43)cc([N+](=O)[O-])c2N1. The Balaban J connectivity index is 0.879.